The van der Waals surface area contributed by atoms with E-state index in [1.807, 2.05) is 6.92 Å². The third-order valence-electron chi connectivity index (χ3n) is 3.62. The van der Waals surface area contributed by atoms with Gasteiger partial charge in [0.2, 0.25) is 0 Å². The van der Waals surface area contributed by atoms with Gasteiger partial charge in [-0.3, -0.25) is 4.90 Å². The molecule has 5 nitrogen and oxygen atoms in total. The van der Waals surface area contributed by atoms with E-state index in [0.29, 0.717) is 12.3 Å². The molecule has 0 aromatic rings. The molecule has 2 rings (SSSR count). The third kappa shape index (κ3) is 1.98. The highest BCUT2D eigenvalue weighted by Gasteiger charge is 2.66. The van der Waals surface area contributed by atoms with Crippen LogP contribution in [0.25, 0.3) is 0 Å². The predicted octanol–water partition coefficient (Wildman–Crippen LogP) is 1.86. The number of carboxylic acid groups (broad SMARTS) is 1. The summed E-state index contributed by atoms with van der Waals surface area (Å²) in [6.07, 6.45) is 0.925. The molecule has 0 aromatic carbocycles. The number of hydrogen-bond donors (Lipinski definition) is 1. The Morgan fingerprint density at radius 3 is 2.47 bits per heavy atom. The number of carbonyl (C=O) groups excluding carboxylic acids is 1. The summed E-state index contributed by atoms with van der Waals surface area (Å²) in [6, 6.07) is -0.728. The summed E-state index contributed by atoms with van der Waals surface area (Å²) in [4.78, 5) is 24.6. The van der Waals surface area contributed by atoms with Crippen molar-refractivity contribution in [2.45, 2.75) is 57.7 Å². The summed E-state index contributed by atoms with van der Waals surface area (Å²) in [5.41, 5.74) is -0.894. The van der Waals surface area contributed by atoms with E-state index in [4.69, 9.17) is 9.84 Å². The van der Waals surface area contributed by atoms with Gasteiger partial charge >= 0.3 is 12.1 Å². The molecule has 96 valence electrons. The van der Waals surface area contributed by atoms with Gasteiger partial charge in [-0.2, -0.15) is 0 Å². The maximum absolute atomic E-state index is 12.1. The highest BCUT2D eigenvalue weighted by atomic mass is 16.6. The van der Waals surface area contributed by atoms with Crippen LogP contribution in [0.2, 0.25) is 0 Å². The molecule has 0 bridgehead atoms. The second-order valence-electron chi connectivity index (χ2n) is 6.20. The maximum Gasteiger partial charge on any atom is 0.411 e. The molecule has 0 radical (unpaired) electrons. The first-order valence-electron chi connectivity index (χ1n) is 5.90. The average Bonchev–Trinajstić information content (AvgIpc) is 2.64. The largest absolute Gasteiger partial charge is 0.480 e. The van der Waals surface area contributed by atoms with Crippen LogP contribution in [-0.2, 0) is 9.53 Å². The van der Waals surface area contributed by atoms with Crippen molar-refractivity contribution in [3.8, 4) is 0 Å². The van der Waals surface area contributed by atoms with Crippen LogP contribution in [0.4, 0.5) is 4.79 Å². The molecule has 1 heterocycles. The topological polar surface area (TPSA) is 66.8 Å². The summed E-state index contributed by atoms with van der Waals surface area (Å²) >= 11 is 0. The summed E-state index contributed by atoms with van der Waals surface area (Å²) in [6.45, 7) is 7.28. The van der Waals surface area contributed by atoms with E-state index in [9.17, 15) is 9.59 Å². The number of amides is 1. The number of nitrogens with zero attached hydrogens (tertiary/aromatic N) is 1. The van der Waals surface area contributed by atoms with Crippen LogP contribution in [0.1, 0.15) is 40.5 Å². The van der Waals surface area contributed by atoms with E-state index in [-0.39, 0.29) is 5.54 Å². The number of rotatable bonds is 1. The Labute approximate surface area is 101 Å². The zero-order chi connectivity index (χ0) is 13.0. The van der Waals surface area contributed by atoms with E-state index in [2.05, 4.69) is 0 Å². The molecule has 1 saturated carbocycles. The Morgan fingerprint density at radius 2 is 2.00 bits per heavy atom. The van der Waals surface area contributed by atoms with Crippen molar-refractivity contribution in [3.63, 3.8) is 0 Å². The van der Waals surface area contributed by atoms with Crippen molar-refractivity contribution in [1.82, 2.24) is 4.90 Å². The fourth-order valence-electron chi connectivity index (χ4n) is 2.66. The number of carbonyl (C=O) groups is 2. The van der Waals surface area contributed by atoms with Crippen LogP contribution in [0.3, 0.4) is 0 Å². The highest BCUT2D eigenvalue weighted by molar-refractivity contribution is 5.82. The predicted molar refractivity (Wildman–Crippen MR) is 60.6 cm³/mol. The molecular formula is C12H19NO4. The molecule has 17 heavy (non-hydrogen) atoms. The molecule has 1 saturated heterocycles. The van der Waals surface area contributed by atoms with Crippen molar-refractivity contribution in [3.05, 3.63) is 0 Å². The lowest BCUT2D eigenvalue weighted by molar-refractivity contribution is -0.143. The lowest BCUT2D eigenvalue weighted by Gasteiger charge is -2.32. The van der Waals surface area contributed by atoms with Crippen LogP contribution < -0.4 is 0 Å². The Morgan fingerprint density at radius 1 is 1.41 bits per heavy atom. The first-order chi connectivity index (χ1) is 7.65. The van der Waals surface area contributed by atoms with Crippen molar-refractivity contribution in [2.24, 2.45) is 5.92 Å². The Hall–Kier alpha value is -1.26. The molecule has 5 heteroatoms. The zero-order valence-corrected chi connectivity index (χ0v) is 10.7. The lowest BCUT2D eigenvalue weighted by Crippen LogP contribution is -2.49. The van der Waals surface area contributed by atoms with Gasteiger partial charge in [-0.05, 0) is 46.5 Å². The molecule has 0 aromatic heterocycles. The normalized spacial score (nSPS) is 35.4. The molecule has 1 aliphatic heterocycles. The van der Waals surface area contributed by atoms with E-state index in [0.717, 1.165) is 6.42 Å². The average molecular weight is 241 g/mol. The number of fused-ring (bicyclic) bond motifs is 1. The maximum atomic E-state index is 12.1. The summed E-state index contributed by atoms with van der Waals surface area (Å²) in [7, 11) is 0. The van der Waals surface area contributed by atoms with Crippen LogP contribution in [0.5, 0.6) is 0 Å². The van der Waals surface area contributed by atoms with Gasteiger partial charge in [0.25, 0.3) is 0 Å². The van der Waals surface area contributed by atoms with Crippen molar-refractivity contribution in [1.29, 1.82) is 0 Å². The fraction of sp³-hybridized carbons (Fsp3) is 0.833. The number of hydrogen-bond acceptors (Lipinski definition) is 3. The molecule has 3 atom stereocenters. The zero-order valence-electron chi connectivity index (χ0n) is 10.7. The molecule has 0 spiro atoms. The number of likely N-dealkylation sites (tertiary alicyclic amines) is 1. The monoisotopic (exact) mass is 241 g/mol. The minimum Gasteiger partial charge on any atom is -0.480 e. The van der Waals surface area contributed by atoms with Gasteiger partial charge in [0.15, 0.2) is 0 Å². The quantitative estimate of drug-likeness (QED) is 0.761. The molecule has 2 aliphatic rings. The second kappa shape index (κ2) is 3.37. The first kappa shape index (κ1) is 12.2. The molecular weight excluding hydrogens is 222 g/mol. The smallest absolute Gasteiger partial charge is 0.411 e. The van der Waals surface area contributed by atoms with Gasteiger partial charge < -0.3 is 9.84 Å². The van der Waals surface area contributed by atoms with E-state index in [1.54, 1.807) is 20.8 Å². The molecule has 2 fully saturated rings. The lowest BCUT2D eigenvalue weighted by atomic mass is 10.2. The SMILES string of the molecule is CC(C)(C)OC(=O)N1C(C(=O)O)CC2C[C@]21C. The number of carboxylic acids is 1. The van der Waals surface area contributed by atoms with E-state index < -0.39 is 23.7 Å². The number of aliphatic carboxylic acids is 1. The van der Waals surface area contributed by atoms with Crippen LogP contribution in [0, 0.1) is 5.92 Å². The van der Waals surface area contributed by atoms with Crippen molar-refractivity contribution >= 4 is 12.1 Å². The van der Waals surface area contributed by atoms with Crippen LogP contribution >= 0.6 is 0 Å². The van der Waals surface area contributed by atoms with Gasteiger partial charge in [-0.15, -0.1) is 0 Å². The highest BCUT2D eigenvalue weighted by Crippen LogP contribution is 2.58. The number of ether oxygens (including phenoxy) is 1. The van der Waals surface area contributed by atoms with E-state index >= 15 is 0 Å². The summed E-state index contributed by atoms with van der Waals surface area (Å²) in [5.74, 6) is -0.625. The van der Waals surface area contributed by atoms with Gasteiger partial charge in [0, 0.05) is 5.54 Å². The molecule has 2 unspecified atom stereocenters. The number of piperidine rings is 1. The standard InChI is InChI=1S/C12H19NO4/c1-11(2,3)17-10(16)13-8(9(14)15)5-7-6-12(7,13)4/h7-8H,5-6H2,1-4H3,(H,14,15)/t7?,8?,12-/m1/s1. The molecule has 1 amide bonds. The van der Waals surface area contributed by atoms with Crippen LogP contribution in [0.15, 0.2) is 0 Å². The van der Waals surface area contributed by atoms with Gasteiger partial charge in [0.05, 0.1) is 0 Å². The first-order valence-corrected chi connectivity index (χ1v) is 5.90. The minimum atomic E-state index is -0.940. The van der Waals surface area contributed by atoms with Crippen LogP contribution in [-0.4, -0.2) is 39.3 Å². The van der Waals surface area contributed by atoms with E-state index in [1.165, 1.54) is 4.90 Å². The summed E-state index contributed by atoms with van der Waals surface area (Å²) in [5, 5.41) is 9.13. The van der Waals surface area contributed by atoms with Crippen molar-refractivity contribution in [2.75, 3.05) is 0 Å². The Bertz CT molecular complexity index is 373. The van der Waals surface area contributed by atoms with Crippen molar-refractivity contribution < 1.29 is 19.4 Å². The second-order valence-corrected chi connectivity index (χ2v) is 6.20. The Kier molecular flexibility index (Phi) is 2.42. The Balaban J connectivity index is 2.16. The summed E-state index contributed by atoms with van der Waals surface area (Å²) < 4.78 is 5.29. The molecule has 1 aliphatic carbocycles. The van der Waals surface area contributed by atoms with Gasteiger partial charge in [-0.1, -0.05) is 0 Å². The third-order valence-corrected chi connectivity index (χ3v) is 3.62. The van der Waals surface area contributed by atoms with Gasteiger partial charge in [-0.25, -0.2) is 9.59 Å². The fourth-order valence-corrected chi connectivity index (χ4v) is 2.66. The minimum absolute atomic E-state index is 0.300. The van der Waals surface area contributed by atoms with Gasteiger partial charge in [0.1, 0.15) is 11.6 Å². The molecule has 1 N–H and O–H groups in total.